The fraction of sp³-hybridized carbons (Fsp3) is 0.207. The highest BCUT2D eigenvalue weighted by atomic mass is 16.5. The van der Waals surface area contributed by atoms with Gasteiger partial charge in [-0.2, -0.15) is 0 Å². The Hall–Kier alpha value is -3.99. The van der Waals surface area contributed by atoms with Crippen molar-refractivity contribution >= 4 is 38.5 Å². The third-order valence-electron chi connectivity index (χ3n) is 6.09. The number of aryl methyl sites for hydroxylation is 1. The number of carboxylic acids is 1. The lowest BCUT2D eigenvalue weighted by Crippen LogP contribution is -2.05. The number of para-hydroxylation sites is 1. The summed E-state index contributed by atoms with van der Waals surface area (Å²) in [5, 5.41) is 13.8. The lowest BCUT2D eigenvalue weighted by atomic mass is 10.1. The number of ether oxygens (including phenoxy) is 2. The van der Waals surface area contributed by atoms with Crippen LogP contribution in [0.5, 0.6) is 11.5 Å². The topological polar surface area (TPSA) is 60.7 Å². The van der Waals surface area contributed by atoms with Gasteiger partial charge >= 0.3 is 5.97 Å². The quantitative estimate of drug-likeness (QED) is 0.240. The average molecular weight is 454 g/mol. The van der Waals surface area contributed by atoms with Crippen molar-refractivity contribution < 1.29 is 19.4 Å². The molecule has 0 bridgehead atoms. The van der Waals surface area contributed by atoms with Gasteiger partial charge in [-0.25, -0.2) is 0 Å². The molecule has 5 aromatic rings. The molecule has 5 rings (SSSR count). The zero-order valence-corrected chi connectivity index (χ0v) is 18.9. The summed E-state index contributed by atoms with van der Waals surface area (Å²) >= 11 is 0. The van der Waals surface area contributed by atoms with Crippen molar-refractivity contribution in [1.29, 1.82) is 0 Å². The number of carbonyl (C=O) groups is 1. The molecule has 1 N–H and O–H groups in total. The van der Waals surface area contributed by atoms with E-state index in [-0.39, 0.29) is 6.42 Å². The van der Waals surface area contributed by atoms with Gasteiger partial charge in [-0.3, -0.25) is 4.79 Å². The van der Waals surface area contributed by atoms with E-state index < -0.39 is 5.97 Å². The van der Waals surface area contributed by atoms with Crippen LogP contribution in [0.2, 0.25) is 0 Å². The van der Waals surface area contributed by atoms with E-state index in [1.165, 1.54) is 10.8 Å². The third kappa shape index (κ3) is 4.69. The molecule has 0 unspecified atom stereocenters. The van der Waals surface area contributed by atoms with Crippen LogP contribution in [-0.2, 0) is 11.3 Å². The smallest absolute Gasteiger partial charge is 0.305 e. The minimum Gasteiger partial charge on any atom is -0.494 e. The van der Waals surface area contributed by atoms with Crippen molar-refractivity contribution in [3.8, 4) is 11.5 Å². The van der Waals surface area contributed by atoms with Crippen LogP contribution in [0.3, 0.4) is 0 Å². The summed E-state index contributed by atoms with van der Waals surface area (Å²) in [5.41, 5.74) is 2.04. The molecule has 0 saturated carbocycles. The van der Waals surface area contributed by atoms with Crippen LogP contribution in [0.1, 0.15) is 19.3 Å². The molecule has 0 aliphatic carbocycles. The number of hydrogen-bond donors (Lipinski definition) is 1. The molecule has 0 saturated heterocycles. The van der Waals surface area contributed by atoms with E-state index in [2.05, 4.69) is 41.0 Å². The maximum atomic E-state index is 11.2. The normalized spacial score (nSPS) is 11.3. The van der Waals surface area contributed by atoms with E-state index in [4.69, 9.17) is 14.6 Å². The number of aliphatic carboxylic acids is 1. The Balaban J connectivity index is 1.19. The van der Waals surface area contributed by atoms with Crippen LogP contribution >= 0.6 is 0 Å². The first-order valence-corrected chi connectivity index (χ1v) is 11.7. The highest BCUT2D eigenvalue weighted by molar-refractivity contribution is 6.08. The lowest BCUT2D eigenvalue weighted by Gasteiger charge is -2.10. The zero-order valence-electron chi connectivity index (χ0n) is 18.9. The van der Waals surface area contributed by atoms with Crippen LogP contribution < -0.4 is 9.47 Å². The van der Waals surface area contributed by atoms with Crippen molar-refractivity contribution in [3.05, 3.63) is 84.9 Å². The first-order chi connectivity index (χ1) is 16.7. The fourth-order valence-corrected chi connectivity index (χ4v) is 4.41. The SMILES string of the molecule is O=C(O)CCn1c2ccccc2c2ccc(OCCCCOc3ccc4ccccc4c3)cc21. The van der Waals surface area contributed by atoms with Gasteiger partial charge in [-0.1, -0.05) is 48.5 Å². The molecule has 172 valence electrons. The van der Waals surface area contributed by atoms with Crippen molar-refractivity contribution in [2.24, 2.45) is 0 Å². The molecule has 4 aromatic carbocycles. The van der Waals surface area contributed by atoms with Crippen LogP contribution in [0, 0.1) is 0 Å². The summed E-state index contributed by atoms with van der Waals surface area (Å²) < 4.78 is 14.0. The Morgan fingerprint density at radius 3 is 2.15 bits per heavy atom. The Kier molecular flexibility index (Phi) is 6.34. The van der Waals surface area contributed by atoms with Crippen LogP contribution in [0.4, 0.5) is 0 Å². The molecule has 5 nitrogen and oxygen atoms in total. The van der Waals surface area contributed by atoms with Crippen LogP contribution in [-0.4, -0.2) is 28.9 Å². The predicted octanol–water partition coefficient (Wildman–Crippen LogP) is 6.66. The molecule has 34 heavy (non-hydrogen) atoms. The van der Waals surface area contributed by atoms with Crippen molar-refractivity contribution in [2.45, 2.75) is 25.8 Å². The van der Waals surface area contributed by atoms with Gasteiger partial charge < -0.3 is 19.1 Å². The molecule has 0 aliphatic rings. The Bertz CT molecular complexity index is 1450. The molecule has 0 radical (unpaired) electrons. The summed E-state index contributed by atoms with van der Waals surface area (Å²) in [6.45, 7) is 1.67. The van der Waals surface area contributed by atoms with E-state index in [0.29, 0.717) is 19.8 Å². The van der Waals surface area contributed by atoms with Gasteiger partial charge in [0.05, 0.1) is 25.2 Å². The molecule has 5 heteroatoms. The Morgan fingerprint density at radius 2 is 1.35 bits per heavy atom. The van der Waals surface area contributed by atoms with E-state index in [9.17, 15) is 4.79 Å². The monoisotopic (exact) mass is 453 g/mol. The number of fused-ring (bicyclic) bond motifs is 4. The zero-order chi connectivity index (χ0) is 23.3. The highest BCUT2D eigenvalue weighted by Gasteiger charge is 2.12. The van der Waals surface area contributed by atoms with Gasteiger partial charge in [0.15, 0.2) is 0 Å². The summed E-state index contributed by atoms with van der Waals surface area (Å²) in [7, 11) is 0. The maximum absolute atomic E-state index is 11.2. The maximum Gasteiger partial charge on any atom is 0.305 e. The lowest BCUT2D eigenvalue weighted by molar-refractivity contribution is -0.137. The second-order valence-corrected chi connectivity index (χ2v) is 8.40. The minimum atomic E-state index is -0.802. The summed E-state index contributed by atoms with van der Waals surface area (Å²) in [6, 6.07) is 28.6. The third-order valence-corrected chi connectivity index (χ3v) is 6.09. The number of aromatic nitrogens is 1. The average Bonchev–Trinajstić information content (AvgIpc) is 3.17. The molecule has 0 amide bonds. The van der Waals surface area contributed by atoms with E-state index in [1.54, 1.807) is 0 Å². The number of hydrogen-bond acceptors (Lipinski definition) is 3. The number of unbranched alkanes of at least 4 members (excludes halogenated alkanes) is 1. The molecule has 0 aliphatic heterocycles. The van der Waals surface area contributed by atoms with Crippen LogP contribution in [0.15, 0.2) is 84.9 Å². The number of benzene rings is 4. The van der Waals surface area contributed by atoms with Crippen molar-refractivity contribution in [1.82, 2.24) is 4.57 Å². The molecule has 1 heterocycles. The van der Waals surface area contributed by atoms with E-state index in [0.717, 1.165) is 46.1 Å². The molecular formula is C29H27NO4. The van der Waals surface area contributed by atoms with E-state index in [1.807, 2.05) is 48.5 Å². The summed E-state index contributed by atoms with van der Waals surface area (Å²) in [6.07, 6.45) is 1.86. The highest BCUT2D eigenvalue weighted by Crippen LogP contribution is 2.32. The molecule has 0 fully saturated rings. The van der Waals surface area contributed by atoms with Gasteiger partial charge in [0.2, 0.25) is 0 Å². The summed E-state index contributed by atoms with van der Waals surface area (Å²) in [4.78, 5) is 11.2. The van der Waals surface area contributed by atoms with Gasteiger partial charge in [-0.15, -0.1) is 0 Å². The number of nitrogens with zero attached hydrogens (tertiary/aromatic N) is 1. The molecule has 0 spiro atoms. The second kappa shape index (κ2) is 9.87. The first-order valence-electron chi connectivity index (χ1n) is 11.7. The van der Waals surface area contributed by atoms with Crippen LogP contribution in [0.25, 0.3) is 32.6 Å². The minimum absolute atomic E-state index is 0.0794. The fourth-order valence-electron chi connectivity index (χ4n) is 4.41. The predicted molar refractivity (Wildman–Crippen MR) is 136 cm³/mol. The molecule has 0 atom stereocenters. The Morgan fingerprint density at radius 1 is 0.706 bits per heavy atom. The van der Waals surface area contributed by atoms with Gasteiger partial charge in [0.1, 0.15) is 11.5 Å². The standard InChI is InChI=1S/C29H27NO4/c31-29(32)15-16-30-27-10-4-3-9-25(27)26-14-13-24(20-28(26)30)34-18-6-5-17-33-23-12-11-21-7-1-2-8-22(21)19-23/h1-4,7-14,19-20H,5-6,15-18H2,(H,31,32). The van der Waals surface area contributed by atoms with Crippen molar-refractivity contribution in [2.75, 3.05) is 13.2 Å². The van der Waals surface area contributed by atoms with Crippen molar-refractivity contribution in [3.63, 3.8) is 0 Å². The molecule has 1 aromatic heterocycles. The first kappa shape index (κ1) is 21.8. The summed E-state index contributed by atoms with van der Waals surface area (Å²) in [5.74, 6) is 0.880. The van der Waals surface area contributed by atoms with Gasteiger partial charge in [-0.05, 0) is 53.9 Å². The second-order valence-electron chi connectivity index (χ2n) is 8.40. The van der Waals surface area contributed by atoms with Gasteiger partial charge in [0, 0.05) is 28.9 Å². The van der Waals surface area contributed by atoms with E-state index >= 15 is 0 Å². The Labute approximate surface area is 198 Å². The largest absolute Gasteiger partial charge is 0.494 e. The number of carboxylic acid groups (broad SMARTS) is 1. The number of rotatable bonds is 10. The molecular weight excluding hydrogens is 426 g/mol. The van der Waals surface area contributed by atoms with Gasteiger partial charge in [0.25, 0.3) is 0 Å².